The van der Waals surface area contributed by atoms with Crippen molar-refractivity contribution in [2.45, 2.75) is 13.8 Å². The average Bonchev–Trinajstić information content (AvgIpc) is 2.75. The van der Waals surface area contributed by atoms with Gasteiger partial charge in [0, 0.05) is 11.1 Å². The van der Waals surface area contributed by atoms with E-state index in [9.17, 15) is 18.8 Å². The van der Waals surface area contributed by atoms with Crippen LogP contribution in [0.4, 0.5) is 4.39 Å². The first-order valence-electron chi connectivity index (χ1n) is 9.53. The molecule has 6 nitrogen and oxygen atoms in total. The molecule has 0 unspecified atom stereocenters. The molecule has 0 heterocycles. The lowest BCUT2D eigenvalue weighted by Gasteiger charge is -2.12. The highest BCUT2D eigenvalue weighted by Gasteiger charge is 2.18. The summed E-state index contributed by atoms with van der Waals surface area (Å²) in [5.74, 6) is -1.57. The minimum Gasteiger partial charge on any atom is -0.484 e. The quantitative estimate of drug-likeness (QED) is 0.472. The summed E-state index contributed by atoms with van der Waals surface area (Å²) in [4.78, 5) is 37.3. The molecule has 0 fully saturated rings. The predicted octanol–water partition coefficient (Wildman–Crippen LogP) is 3.51. The number of amides is 2. The molecule has 3 aromatic carbocycles. The zero-order valence-electron chi connectivity index (χ0n) is 17.1. The first-order valence-corrected chi connectivity index (χ1v) is 9.53. The van der Waals surface area contributed by atoms with Gasteiger partial charge in [-0.2, -0.15) is 0 Å². The summed E-state index contributed by atoms with van der Waals surface area (Å²) < 4.78 is 18.6. The molecule has 0 saturated carbocycles. The summed E-state index contributed by atoms with van der Waals surface area (Å²) in [6.07, 6.45) is 0. The molecule has 31 heavy (non-hydrogen) atoms. The van der Waals surface area contributed by atoms with E-state index in [1.165, 1.54) is 36.4 Å². The lowest BCUT2D eigenvalue weighted by molar-refractivity contribution is -0.123. The molecule has 2 amide bonds. The van der Waals surface area contributed by atoms with E-state index in [0.717, 1.165) is 11.1 Å². The number of hydrogen-bond acceptors (Lipinski definition) is 4. The number of aryl methyl sites for hydroxylation is 2. The number of ketones is 1. The number of carbonyl (C=O) groups excluding carboxylic acids is 3. The summed E-state index contributed by atoms with van der Waals surface area (Å²) in [6, 6.07) is 16.8. The van der Waals surface area contributed by atoms with Crippen LogP contribution >= 0.6 is 0 Å². The second-order valence-corrected chi connectivity index (χ2v) is 7.00. The van der Waals surface area contributed by atoms with Crippen molar-refractivity contribution in [2.75, 3.05) is 6.61 Å². The monoisotopic (exact) mass is 420 g/mol. The van der Waals surface area contributed by atoms with Crippen LogP contribution in [-0.2, 0) is 4.79 Å². The van der Waals surface area contributed by atoms with Gasteiger partial charge in [-0.25, -0.2) is 4.39 Å². The Hall–Kier alpha value is -4.00. The Kier molecular flexibility index (Phi) is 6.77. The molecule has 2 N–H and O–H groups in total. The second-order valence-electron chi connectivity index (χ2n) is 7.00. The molecule has 3 aromatic rings. The lowest BCUT2D eigenvalue weighted by Crippen LogP contribution is -2.44. The van der Waals surface area contributed by atoms with Gasteiger partial charge >= 0.3 is 0 Å². The first-order chi connectivity index (χ1) is 14.8. The highest BCUT2D eigenvalue weighted by atomic mass is 19.1. The van der Waals surface area contributed by atoms with Crippen LogP contribution in [0.25, 0.3) is 0 Å². The zero-order chi connectivity index (χ0) is 22.4. The summed E-state index contributed by atoms with van der Waals surface area (Å²) >= 11 is 0. The number of ether oxygens (including phenoxy) is 1. The smallest absolute Gasteiger partial charge is 0.276 e. The van der Waals surface area contributed by atoms with Crippen molar-refractivity contribution in [2.24, 2.45) is 0 Å². The van der Waals surface area contributed by atoms with E-state index in [1.54, 1.807) is 24.3 Å². The topological polar surface area (TPSA) is 84.5 Å². The molecular formula is C24H21FN2O4. The highest BCUT2D eigenvalue weighted by Crippen LogP contribution is 2.17. The van der Waals surface area contributed by atoms with Crippen LogP contribution in [-0.4, -0.2) is 24.2 Å². The molecule has 158 valence electrons. The molecule has 0 aliphatic carbocycles. The SMILES string of the molecule is Cc1cc(C)cc(OCC(=O)NNC(=O)c2ccccc2C(=O)c2ccc(F)cc2)c1. The van der Waals surface area contributed by atoms with Gasteiger partial charge in [0.1, 0.15) is 11.6 Å². The first kappa shape index (κ1) is 21.7. The maximum atomic E-state index is 13.1. The van der Waals surface area contributed by atoms with Crippen molar-refractivity contribution in [1.29, 1.82) is 0 Å². The molecule has 0 atom stereocenters. The minimum atomic E-state index is -0.661. The van der Waals surface area contributed by atoms with Crippen LogP contribution in [0.3, 0.4) is 0 Å². The van der Waals surface area contributed by atoms with Crippen molar-refractivity contribution in [3.63, 3.8) is 0 Å². The van der Waals surface area contributed by atoms with Crippen LogP contribution in [0.2, 0.25) is 0 Å². The van der Waals surface area contributed by atoms with E-state index < -0.39 is 23.4 Å². The molecule has 7 heteroatoms. The molecule has 0 radical (unpaired) electrons. The third-order valence-corrected chi connectivity index (χ3v) is 4.40. The maximum Gasteiger partial charge on any atom is 0.276 e. The molecule has 0 aliphatic rings. The van der Waals surface area contributed by atoms with Crippen molar-refractivity contribution in [3.8, 4) is 5.75 Å². The third-order valence-electron chi connectivity index (χ3n) is 4.40. The predicted molar refractivity (Wildman–Crippen MR) is 113 cm³/mol. The molecular weight excluding hydrogens is 399 g/mol. The number of hydrogen-bond donors (Lipinski definition) is 2. The van der Waals surface area contributed by atoms with Gasteiger partial charge in [-0.3, -0.25) is 25.2 Å². The minimum absolute atomic E-state index is 0.0763. The highest BCUT2D eigenvalue weighted by molar-refractivity contribution is 6.15. The van der Waals surface area contributed by atoms with Crippen LogP contribution in [0.5, 0.6) is 5.75 Å². The molecule has 0 saturated heterocycles. The summed E-state index contributed by atoms with van der Waals surface area (Å²) in [7, 11) is 0. The van der Waals surface area contributed by atoms with E-state index >= 15 is 0 Å². The number of hydrazine groups is 1. The molecule has 0 bridgehead atoms. The van der Waals surface area contributed by atoms with Gasteiger partial charge in [0.25, 0.3) is 11.8 Å². The fourth-order valence-corrected chi connectivity index (χ4v) is 3.03. The summed E-state index contributed by atoms with van der Waals surface area (Å²) in [5.41, 5.74) is 7.01. The van der Waals surface area contributed by atoms with Gasteiger partial charge in [-0.1, -0.05) is 24.3 Å². The number of benzene rings is 3. The Bertz CT molecular complexity index is 1110. The standard InChI is InChI=1S/C24H21FN2O4/c1-15-11-16(2)13-19(12-15)31-14-22(28)26-27-24(30)21-6-4-3-5-20(21)23(29)17-7-9-18(25)10-8-17/h3-13H,14H2,1-2H3,(H,26,28)(H,27,30). The largest absolute Gasteiger partial charge is 0.484 e. The Labute approximate surface area is 179 Å². The van der Waals surface area contributed by atoms with Gasteiger partial charge in [-0.05, 0) is 67.4 Å². The van der Waals surface area contributed by atoms with E-state index in [-0.39, 0.29) is 23.3 Å². The summed E-state index contributed by atoms with van der Waals surface area (Å²) in [5, 5.41) is 0. The maximum absolute atomic E-state index is 13.1. The van der Waals surface area contributed by atoms with Gasteiger partial charge < -0.3 is 4.74 Å². The fraction of sp³-hybridized carbons (Fsp3) is 0.125. The zero-order valence-corrected chi connectivity index (χ0v) is 17.1. The summed E-state index contributed by atoms with van der Waals surface area (Å²) in [6.45, 7) is 3.55. The van der Waals surface area contributed by atoms with Gasteiger partial charge in [0.15, 0.2) is 12.4 Å². The lowest BCUT2D eigenvalue weighted by atomic mass is 9.98. The Morgan fingerprint density at radius 3 is 2.10 bits per heavy atom. The van der Waals surface area contributed by atoms with Gasteiger partial charge in [0.2, 0.25) is 0 Å². The van der Waals surface area contributed by atoms with Crippen molar-refractivity contribution in [3.05, 3.63) is 100 Å². The van der Waals surface area contributed by atoms with Crippen LogP contribution < -0.4 is 15.6 Å². The van der Waals surface area contributed by atoms with Crippen molar-refractivity contribution < 1.29 is 23.5 Å². The average molecular weight is 420 g/mol. The van der Waals surface area contributed by atoms with E-state index in [2.05, 4.69) is 10.9 Å². The van der Waals surface area contributed by atoms with E-state index in [1.807, 2.05) is 19.9 Å². The van der Waals surface area contributed by atoms with Crippen molar-refractivity contribution >= 4 is 17.6 Å². The fourth-order valence-electron chi connectivity index (χ4n) is 3.03. The second kappa shape index (κ2) is 9.67. The van der Waals surface area contributed by atoms with Crippen LogP contribution in [0.15, 0.2) is 66.7 Å². The van der Waals surface area contributed by atoms with Gasteiger partial charge in [0.05, 0.1) is 5.56 Å². The normalized spacial score (nSPS) is 10.3. The Morgan fingerprint density at radius 1 is 0.839 bits per heavy atom. The number of rotatable bonds is 6. The molecule has 3 rings (SSSR count). The molecule has 0 spiro atoms. The van der Waals surface area contributed by atoms with Crippen LogP contribution in [0.1, 0.15) is 37.4 Å². The molecule has 0 aromatic heterocycles. The van der Waals surface area contributed by atoms with E-state index in [0.29, 0.717) is 5.75 Å². The third kappa shape index (κ3) is 5.76. The number of nitrogens with one attached hydrogen (secondary N) is 2. The van der Waals surface area contributed by atoms with Crippen LogP contribution in [0, 0.1) is 19.7 Å². The number of halogens is 1. The molecule has 0 aliphatic heterocycles. The van der Waals surface area contributed by atoms with Crippen molar-refractivity contribution in [1.82, 2.24) is 10.9 Å². The van der Waals surface area contributed by atoms with Gasteiger partial charge in [-0.15, -0.1) is 0 Å². The Balaban J connectivity index is 1.62. The van der Waals surface area contributed by atoms with E-state index in [4.69, 9.17) is 4.74 Å². The Morgan fingerprint density at radius 2 is 1.45 bits per heavy atom. The number of carbonyl (C=O) groups is 3.